The molecular weight excluding hydrogens is 490 g/mol. The van der Waals surface area contributed by atoms with Crippen molar-refractivity contribution in [3.63, 3.8) is 0 Å². The van der Waals surface area contributed by atoms with E-state index in [1.807, 2.05) is 24.3 Å². The molecule has 9 heteroatoms. The molecule has 3 heterocycles. The summed E-state index contributed by atoms with van der Waals surface area (Å²) in [6.45, 7) is 14.0. The van der Waals surface area contributed by atoms with Crippen molar-refractivity contribution in [1.82, 2.24) is 4.90 Å². The number of ether oxygens (including phenoxy) is 1. The molecule has 202 valence electrons. The Kier molecular flexibility index (Phi) is 8.23. The predicted octanol–water partition coefficient (Wildman–Crippen LogP) is 2.94. The van der Waals surface area contributed by atoms with Crippen molar-refractivity contribution in [2.75, 3.05) is 49.2 Å². The van der Waals surface area contributed by atoms with Crippen molar-refractivity contribution in [2.24, 2.45) is 17.8 Å². The Morgan fingerprint density at radius 2 is 1.86 bits per heavy atom. The zero-order valence-electron chi connectivity index (χ0n) is 22.3. The number of rotatable bonds is 11. The maximum atomic E-state index is 14.4. The third kappa shape index (κ3) is 4.34. The number of likely N-dealkylation sites (tertiary alicyclic amines) is 1. The van der Waals surface area contributed by atoms with E-state index in [0.29, 0.717) is 0 Å². The molecule has 0 radical (unpaired) electrons. The lowest BCUT2D eigenvalue weighted by Gasteiger charge is -2.40. The van der Waals surface area contributed by atoms with Crippen LogP contribution in [0.1, 0.15) is 34.1 Å². The maximum Gasteiger partial charge on any atom is 0.310 e. The van der Waals surface area contributed by atoms with Crippen molar-refractivity contribution in [2.45, 2.75) is 50.2 Å². The Hall–Kier alpha value is -2.52. The molecule has 3 aliphatic rings. The van der Waals surface area contributed by atoms with Gasteiger partial charge in [-0.2, -0.15) is 0 Å². The van der Waals surface area contributed by atoms with Crippen LogP contribution >= 0.6 is 11.8 Å². The van der Waals surface area contributed by atoms with E-state index in [9.17, 15) is 19.5 Å². The van der Waals surface area contributed by atoms with Crippen LogP contribution in [0, 0.1) is 17.8 Å². The van der Waals surface area contributed by atoms with Crippen molar-refractivity contribution in [3.8, 4) is 0 Å². The normalized spacial score (nSPS) is 29.8. The van der Waals surface area contributed by atoms with Crippen LogP contribution in [0.25, 0.3) is 0 Å². The second-order valence-corrected chi connectivity index (χ2v) is 11.5. The summed E-state index contributed by atoms with van der Waals surface area (Å²) in [5.41, 5.74) is 1.80. The van der Waals surface area contributed by atoms with Gasteiger partial charge in [-0.25, -0.2) is 0 Å². The van der Waals surface area contributed by atoms with Gasteiger partial charge in [0.1, 0.15) is 6.04 Å². The summed E-state index contributed by atoms with van der Waals surface area (Å²) < 4.78 is 4.63. The molecule has 3 saturated heterocycles. The molecule has 3 fully saturated rings. The largest absolute Gasteiger partial charge is 0.466 e. The van der Waals surface area contributed by atoms with Crippen LogP contribution in [0.3, 0.4) is 0 Å². The number of hydrogen-bond donors (Lipinski definition) is 1. The zero-order valence-corrected chi connectivity index (χ0v) is 23.1. The van der Waals surface area contributed by atoms with Crippen LogP contribution in [0.5, 0.6) is 0 Å². The van der Waals surface area contributed by atoms with E-state index in [2.05, 4.69) is 32.3 Å². The molecule has 6 atom stereocenters. The summed E-state index contributed by atoms with van der Waals surface area (Å²) in [6, 6.07) is 7.09. The number of carbonyl (C=O) groups excluding carboxylic acids is 3. The van der Waals surface area contributed by atoms with E-state index in [1.54, 1.807) is 29.7 Å². The number of β-amino-alcohol motifs (C(OH)–C–C–N with tert-alkyl or cyclic N) is 1. The summed E-state index contributed by atoms with van der Waals surface area (Å²) in [4.78, 5) is 46.7. The summed E-state index contributed by atoms with van der Waals surface area (Å²) in [5.74, 6) is -1.96. The lowest BCUT2D eigenvalue weighted by molar-refractivity contribution is -0.154. The van der Waals surface area contributed by atoms with Crippen LogP contribution in [0.4, 0.5) is 11.4 Å². The Morgan fingerprint density at radius 3 is 2.43 bits per heavy atom. The molecule has 1 aromatic carbocycles. The number of hydrogen-bond acceptors (Lipinski definition) is 7. The molecule has 1 N–H and O–H groups in total. The Labute approximate surface area is 224 Å². The fourth-order valence-corrected chi connectivity index (χ4v) is 9.09. The molecule has 4 rings (SSSR count). The van der Waals surface area contributed by atoms with E-state index < -0.39 is 22.6 Å². The van der Waals surface area contributed by atoms with Gasteiger partial charge in [0.15, 0.2) is 0 Å². The van der Waals surface area contributed by atoms with E-state index in [4.69, 9.17) is 4.74 Å². The molecule has 0 aromatic heterocycles. The second kappa shape index (κ2) is 11.1. The van der Waals surface area contributed by atoms with E-state index in [0.717, 1.165) is 30.9 Å². The number of anilines is 2. The number of benzene rings is 1. The minimum absolute atomic E-state index is 0.0454. The minimum Gasteiger partial charge on any atom is -0.466 e. The van der Waals surface area contributed by atoms with Crippen LogP contribution in [-0.2, 0) is 19.1 Å². The second-order valence-electron chi connectivity index (χ2n) is 9.99. The molecule has 0 aliphatic carbocycles. The molecule has 1 aromatic rings. The minimum atomic E-state index is -0.788. The van der Waals surface area contributed by atoms with Gasteiger partial charge in [0, 0.05) is 42.8 Å². The monoisotopic (exact) mass is 529 g/mol. The molecule has 3 unspecified atom stereocenters. The number of fused-ring (bicyclic) bond motifs is 1. The Morgan fingerprint density at radius 1 is 1.22 bits per heavy atom. The van der Waals surface area contributed by atoms with Gasteiger partial charge in [-0.3, -0.25) is 14.4 Å². The van der Waals surface area contributed by atoms with Gasteiger partial charge < -0.3 is 24.5 Å². The third-order valence-corrected chi connectivity index (χ3v) is 10.3. The lowest BCUT2D eigenvalue weighted by atomic mass is 9.66. The number of amides is 2. The van der Waals surface area contributed by atoms with E-state index in [1.165, 1.54) is 4.90 Å². The number of aliphatic hydroxyl groups excluding tert-OH is 1. The summed E-state index contributed by atoms with van der Waals surface area (Å²) >= 11 is 1.61. The highest BCUT2D eigenvalue weighted by atomic mass is 32.2. The number of esters is 1. The highest BCUT2D eigenvalue weighted by Crippen LogP contribution is 2.68. The summed E-state index contributed by atoms with van der Waals surface area (Å²) in [5, 5.41) is 9.79. The third-order valence-electron chi connectivity index (χ3n) is 8.25. The van der Waals surface area contributed by atoms with Crippen molar-refractivity contribution in [1.29, 1.82) is 0 Å². The zero-order chi connectivity index (χ0) is 26.9. The Bertz CT molecular complexity index is 1030. The first-order valence-corrected chi connectivity index (χ1v) is 14.2. The number of aliphatic hydroxyl groups is 1. The van der Waals surface area contributed by atoms with Gasteiger partial charge in [-0.1, -0.05) is 13.0 Å². The van der Waals surface area contributed by atoms with Gasteiger partial charge in [-0.05, 0) is 57.4 Å². The first-order chi connectivity index (χ1) is 17.8. The first-order valence-electron chi connectivity index (χ1n) is 13.3. The van der Waals surface area contributed by atoms with Gasteiger partial charge in [0.05, 0.1) is 29.8 Å². The smallest absolute Gasteiger partial charge is 0.310 e. The maximum absolute atomic E-state index is 14.4. The van der Waals surface area contributed by atoms with Crippen molar-refractivity contribution < 1.29 is 24.2 Å². The van der Waals surface area contributed by atoms with Gasteiger partial charge in [0.2, 0.25) is 5.91 Å². The van der Waals surface area contributed by atoms with E-state index >= 15 is 0 Å². The molecule has 0 saturated carbocycles. The van der Waals surface area contributed by atoms with Crippen LogP contribution in [0.15, 0.2) is 36.9 Å². The topological polar surface area (TPSA) is 90.4 Å². The van der Waals surface area contributed by atoms with Gasteiger partial charge >= 0.3 is 5.97 Å². The fourth-order valence-electron chi connectivity index (χ4n) is 6.69. The quantitative estimate of drug-likeness (QED) is 0.348. The van der Waals surface area contributed by atoms with Crippen molar-refractivity contribution in [3.05, 3.63) is 36.9 Å². The molecule has 2 bridgehead atoms. The van der Waals surface area contributed by atoms with Crippen LogP contribution < -0.4 is 9.80 Å². The SMILES string of the molecule is C=CCN(C(=O)C1N(CCO)C(=O)[C@@H]2[C@@H](C(=O)OCC)[C@H]3CC(C)C12S3)c1ccc(N(CC)CC)cc1. The average molecular weight is 530 g/mol. The summed E-state index contributed by atoms with van der Waals surface area (Å²) in [7, 11) is 0. The van der Waals surface area contributed by atoms with Gasteiger partial charge in [-0.15, -0.1) is 18.3 Å². The predicted molar refractivity (Wildman–Crippen MR) is 147 cm³/mol. The molecule has 3 aliphatic heterocycles. The standard InChI is InChI=1S/C28H39N3O5S/c1-6-14-30(20-12-10-19(11-13-20)29(7-2)8-3)26(34)24-28-18(5)17-21(37-28)22(27(35)36-9-4)23(28)25(33)31(24)15-16-32/h6,10-13,18,21-24,32H,1,7-9,14-17H2,2-5H3/t18?,21-,22+,23+,24?,28?/m1/s1. The number of thioether (sulfide) groups is 1. The highest BCUT2D eigenvalue weighted by molar-refractivity contribution is 8.02. The molecular formula is C28H39N3O5S. The first kappa shape index (κ1) is 27.5. The van der Waals surface area contributed by atoms with E-state index in [-0.39, 0.29) is 55.3 Å². The Balaban J connectivity index is 1.74. The number of nitrogens with zero attached hydrogens (tertiary/aromatic N) is 3. The molecule has 2 amide bonds. The summed E-state index contributed by atoms with van der Waals surface area (Å²) in [6.07, 6.45) is 2.43. The fraction of sp³-hybridized carbons (Fsp3) is 0.607. The van der Waals surface area contributed by atoms with Crippen LogP contribution in [-0.4, -0.2) is 83.2 Å². The van der Waals surface area contributed by atoms with Crippen LogP contribution in [0.2, 0.25) is 0 Å². The molecule has 1 spiro atoms. The van der Waals surface area contributed by atoms with Gasteiger partial charge in [0.25, 0.3) is 5.91 Å². The highest BCUT2D eigenvalue weighted by Gasteiger charge is 2.76. The lowest BCUT2D eigenvalue weighted by Crippen LogP contribution is -2.57. The average Bonchev–Trinajstić information content (AvgIpc) is 3.48. The molecule has 37 heavy (non-hydrogen) atoms. The van der Waals surface area contributed by atoms with Crippen molar-refractivity contribution >= 4 is 40.9 Å². The number of carbonyl (C=O) groups is 3. The molecule has 8 nitrogen and oxygen atoms in total.